The minimum absolute atomic E-state index is 0.394. The lowest BCUT2D eigenvalue weighted by atomic mass is 10.0. The number of nitrogens with one attached hydrogen (secondary N) is 1. The molecule has 1 unspecified atom stereocenters. The molecular formula is C19H25NS. The van der Waals surface area contributed by atoms with Gasteiger partial charge in [-0.25, -0.2) is 0 Å². The Morgan fingerprint density at radius 1 is 1.05 bits per heavy atom. The fraction of sp³-hybridized carbons (Fsp3) is 0.368. The lowest BCUT2D eigenvalue weighted by molar-refractivity contribution is 0.661. The van der Waals surface area contributed by atoms with Gasteiger partial charge in [0.2, 0.25) is 0 Å². The highest BCUT2D eigenvalue weighted by molar-refractivity contribution is 7.99. The maximum Gasteiger partial charge on any atom is 0.0412 e. The van der Waals surface area contributed by atoms with E-state index in [9.17, 15) is 0 Å². The van der Waals surface area contributed by atoms with Crippen molar-refractivity contribution >= 4 is 11.8 Å². The number of hydrogen-bond donors (Lipinski definition) is 1. The molecule has 0 heterocycles. The molecule has 0 amide bonds. The average Bonchev–Trinajstić information content (AvgIpc) is 2.51. The van der Waals surface area contributed by atoms with E-state index in [0.717, 1.165) is 5.75 Å². The van der Waals surface area contributed by atoms with Crippen molar-refractivity contribution in [2.45, 2.75) is 37.6 Å². The van der Waals surface area contributed by atoms with E-state index in [1.165, 1.54) is 34.4 Å². The first-order valence-corrected chi connectivity index (χ1v) is 8.67. The Bertz CT molecular complexity index is 548. The van der Waals surface area contributed by atoms with Gasteiger partial charge < -0.3 is 5.32 Å². The topological polar surface area (TPSA) is 12.0 Å². The lowest BCUT2D eigenvalue weighted by Crippen LogP contribution is -2.18. The summed E-state index contributed by atoms with van der Waals surface area (Å²) in [7, 11) is 2.04. The maximum atomic E-state index is 3.44. The van der Waals surface area contributed by atoms with Crippen LogP contribution in [0.4, 0.5) is 0 Å². The van der Waals surface area contributed by atoms with Crippen LogP contribution in [0.1, 0.15) is 36.1 Å². The zero-order valence-electron chi connectivity index (χ0n) is 13.2. The molecule has 21 heavy (non-hydrogen) atoms. The molecule has 0 saturated heterocycles. The van der Waals surface area contributed by atoms with Crippen LogP contribution in [-0.4, -0.2) is 12.8 Å². The number of aryl methyl sites for hydroxylation is 2. The van der Waals surface area contributed by atoms with Gasteiger partial charge in [0.15, 0.2) is 0 Å². The summed E-state index contributed by atoms with van der Waals surface area (Å²) in [5, 5.41) is 3.44. The first-order chi connectivity index (χ1) is 10.2. The minimum atomic E-state index is 0.394. The van der Waals surface area contributed by atoms with Gasteiger partial charge in [0.05, 0.1) is 0 Å². The SMILES string of the molecule is CCCc1ccc(C(CSc2ccccc2C)NC)cc1. The predicted octanol–water partition coefficient (Wildman–Crippen LogP) is 5.00. The Hall–Kier alpha value is -1.25. The summed E-state index contributed by atoms with van der Waals surface area (Å²) in [6.45, 7) is 4.40. The zero-order valence-corrected chi connectivity index (χ0v) is 14.0. The van der Waals surface area contributed by atoms with Gasteiger partial charge in [0, 0.05) is 16.7 Å². The van der Waals surface area contributed by atoms with Gasteiger partial charge in [-0.1, -0.05) is 55.8 Å². The van der Waals surface area contributed by atoms with Crippen molar-refractivity contribution in [3.8, 4) is 0 Å². The Labute approximate surface area is 133 Å². The molecule has 0 fully saturated rings. The van der Waals surface area contributed by atoms with Crippen LogP contribution in [-0.2, 0) is 6.42 Å². The predicted molar refractivity (Wildman–Crippen MR) is 94.1 cm³/mol. The molecule has 0 radical (unpaired) electrons. The van der Waals surface area contributed by atoms with Gasteiger partial charge in [0.25, 0.3) is 0 Å². The lowest BCUT2D eigenvalue weighted by Gasteiger charge is -2.17. The molecule has 1 N–H and O–H groups in total. The van der Waals surface area contributed by atoms with Crippen molar-refractivity contribution < 1.29 is 0 Å². The number of thioether (sulfide) groups is 1. The molecule has 0 spiro atoms. The van der Waals surface area contributed by atoms with E-state index in [-0.39, 0.29) is 0 Å². The molecule has 112 valence electrons. The fourth-order valence-corrected chi connectivity index (χ4v) is 3.62. The Balaban J connectivity index is 2.01. The number of rotatable bonds is 7. The van der Waals surface area contributed by atoms with E-state index in [2.05, 4.69) is 67.7 Å². The smallest absolute Gasteiger partial charge is 0.0412 e. The zero-order chi connectivity index (χ0) is 15.1. The molecule has 0 bridgehead atoms. The van der Waals surface area contributed by atoms with Crippen LogP contribution >= 0.6 is 11.8 Å². The van der Waals surface area contributed by atoms with Gasteiger partial charge in [-0.15, -0.1) is 11.8 Å². The monoisotopic (exact) mass is 299 g/mol. The van der Waals surface area contributed by atoms with Gasteiger partial charge in [-0.3, -0.25) is 0 Å². The Morgan fingerprint density at radius 3 is 2.38 bits per heavy atom. The van der Waals surface area contributed by atoms with Gasteiger partial charge in [-0.2, -0.15) is 0 Å². The van der Waals surface area contributed by atoms with E-state index in [4.69, 9.17) is 0 Å². The first kappa shape index (κ1) is 16.1. The average molecular weight is 299 g/mol. The molecular weight excluding hydrogens is 274 g/mol. The van der Waals surface area contributed by atoms with Crippen molar-refractivity contribution in [3.05, 3.63) is 65.2 Å². The summed E-state index contributed by atoms with van der Waals surface area (Å²) < 4.78 is 0. The molecule has 2 rings (SSSR count). The van der Waals surface area contributed by atoms with Crippen LogP contribution in [0.15, 0.2) is 53.4 Å². The highest BCUT2D eigenvalue weighted by Crippen LogP contribution is 2.27. The number of benzene rings is 2. The third-order valence-electron chi connectivity index (χ3n) is 3.77. The van der Waals surface area contributed by atoms with Crippen LogP contribution < -0.4 is 5.32 Å². The largest absolute Gasteiger partial charge is 0.312 e. The summed E-state index contributed by atoms with van der Waals surface area (Å²) in [6, 6.07) is 18.1. The van der Waals surface area contributed by atoms with Gasteiger partial charge in [0.1, 0.15) is 0 Å². The fourth-order valence-electron chi connectivity index (χ4n) is 2.44. The molecule has 0 aliphatic carbocycles. The van der Waals surface area contributed by atoms with Crippen molar-refractivity contribution in [1.82, 2.24) is 5.32 Å². The second-order valence-corrected chi connectivity index (χ2v) is 6.47. The number of hydrogen-bond acceptors (Lipinski definition) is 2. The summed E-state index contributed by atoms with van der Waals surface area (Å²) in [5.74, 6) is 1.05. The quantitative estimate of drug-likeness (QED) is 0.722. The van der Waals surface area contributed by atoms with Crippen molar-refractivity contribution in [2.75, 3.05) is 12.8 Å². The van der Waals surface area contributed by atoms with E-state index >= 15 is 0 Å². The normalized spacial score (nSPS) is 12.3. The Morgan fingerprint density at radius 2 is 1.76 bits per heavy atom. The molecule has 2 aromatic carbocycles. The third kappa shape index (κ3) is 4.62. The second-order valence-electron chi connectivity index (χ2n) is 5.41. The molecule has 0 saturated carbocycles. The van der Waals surface area contributed by atoms with Gasteiger partial charge >= 0.3 is 0 Å². The molecule has 2 aromatic rings. The van der Waals surface area contributed by atoms with E-state index < -0.39 is 0 Å². The summed E-state index contributed by atoms with van der Waals surface area (Å²) in [4.78, 5) is 1.38. The first-order valence-electron chi connectivity index (χ1n) is 7.69. The minimum Gasteiger partial charge on any atom is -0.312 e. The third-order valence-corrected chi connectivity index (χ3v) is 5.04. The van der Waals surface area contributed by atoms with Gasteiger partial charge in [-0.05, 0) is 43.1 Å². The standard InChI is InChI=1S/C19H25NS/c1-4-7-16-10-12-17(13-11-16)18(20-3)14-21-19-9-6-5-8-15(19)2/h5-6,8-13,18,20H,4,7,14H2,1-3H3. The molecule has 1 nitrogen and oxygen atoms in total. The Kier molecular flexibility index (Phi) is 6.34. The summed E-state index contributed by atoms with van der Waals surface area (Å²) in [6.07, 6.45) is 2.38. The van der Waals surface area contributed by atoms with Crippen molar-refractivity contribution in [1.29, 1.82) is 0 Å². The van der Waals surface area contributed by atoms with E-state index in [1.54, 1.807) is 0 Å². The highest BCUT2D eigenvalue weighted by atomic mass is 32.2. The molecule has 0 aliphatic heterocycles. The van der Waals surface area contributed by atoms with Crippen LogP contribution in [0.5, 0.6) is 0 Å². The van der Waals surface area contributed by atoms with Crippen LogP contribution in [0, 0.1) is 6.92 Å². The molecule has 1 atom stereocenters. The molecule has 2 heteroatoms. The summed E-state index contributed by atoms with van der Waals surface area (Å²) >= 11 is 1.93. The van der Waals surface area contributed by atoms with Crippen molar-refractivity contribution in [3.63, 3.8) is 0 Å². The summed E-state index contributed by atoms with van der Waals surface area (Å²) in [5.41, 5.74) is 4.16. The van der Waals surface area contributed by atoms with E-state index in [1.807, 2.05) is 18.8 Å². The van der Waals surface area contributed by atoms with Crippen LogP contribution in [0.25, 0.3) is 0 Å². The molecule has 0 aliphatic rings. The van der Waals surface area contributed by atoms with Crippen molar-refractivity contribution in [2.24, 2.45) is 0 Å². The second kappa shape index (κ2) is 8.26. The van der Waals surface area contributed by atoms with Crippen LogP contribution in [0.3, 0.4) is 0 Å². The highest BCUT2D eigenvalue weighted by Gasteiger charge is 2.10. The maximum absolute atomic E-state index is 3.44. The molecule has 0 aromatic heterocycles. The van der Waals surface area contributed by atoms with Crippen LogP contribution in [0.2, 0.25) is 0 Å². The van der Waals surface area contributed by atoms with E-state index in [0.29, 0.717) is 6.04 Å².